The summed E-state index contributed by atoms with van der Waals surface area (Å²) < 4.78 is 54.0. The number of ether oxygens (including phenoxy) is 10. The van der Waals surface area contributed by atoms with Crippen molar-refractivity contribution in [1.29, 1.82) is 0 Å². The van der Waals surface area contributed by atoms with E-state index in [4.69, 9.17) is 47.4 Å². The summed E-state index contributed by atoms with van der Waals surface area (Å²) in [5.74, 6) is -0.306. The van der Waals surface area contributed by atoms with Crippen LogP contribution in [0, 0.1) is 0 Å². The van der Waals surface area contributed by atoms with Crippen LogP contribution in [0.15, 0.2) is 0 Å². The quantitative estimate of drug-likeness (QED) is 0.0670. The van der Waals surface area contributed by atoms with Gasteiger partial charge in [0.15, 0.2) is 0 Å². The van der Waals surface area contributed by atoms with Gasteiger partial charge in [-0.3, -0.25) is 4.79 Å². The van der Waals surface area contributed by atoms with Gasteiger partial charge in [0.2, 0.25) is 0 Å². The van der Waals surface area contributed by atoms with Crippen LogP contribution in [0.3, 0.4) is 0 Å². The Balaban J connectivity index is 3.04. The molecule has 0 radical (unpaired) electrons. The summed E-state index contributed by atoms with van der Waals surface area (Å²) in [7, 11) is 0. The number of hydrogen-bond donors (Lipinski definition) is 0. The first-order valence-electron chi connectivity index (χ1n) is 17.1. The SMILES string of the molecule is CCCCCCCCCCCCCOCCOCCOCCOCCOCCOCCOCCOCCOCCOC(C)=O. The van der Waals surface area contributed by atoms with Crippen molar-refractivity contribution in [3.05, 3.63) is 0 Å². The average molecular weight is 639 g/mol. The van der Waals surface area contributed by atoms with Gasteiger partial charge in [0.25, 0.3) is 0 Å². The zero-order chi connectivity index (χ0) is 31.9. The summed E-state index contributed by atoms with van der Waals surface area (Å²) in [5.41, 5.74) is 0. The van der Waals surface area contributed by atoms with E-state index >= 15 is 0 Å². The number of unbranched alkanes of at least 4 members (excludes halogenated alkanes) is 10. The lowest BCUT2D eigenvalue weighted by Gasteiger charge is -2.09. The summed E-state index contributed by atoms with van der Waals surface area (Å²) in [6, 6.07) is 0. The Labute approximate surface area is 268 Å². The van der Waals surface area contributed by atoms with E-state index in [1.807, 2.05) is 0 Å². The monoisotopic (exact) mass is 638 g/mol. The van der Waals surface area contributed by atoms with Gasteiger partial charge in [-0.2, -0.15) is 0 Å². The topological polar surface area (TPSA) is 109 Å². The molecule has 0 fully saturated rings. The highest BCUT2D eigenvalue weighted by atomic mass is 16.6. The van der Waals surface area contributed by atoms with E-state index in [0.29, 0.717) is 112 Å². The Kier molecular flexibility index (Phi) is 39.3. The fourth-order valence-corrected chi connectivity index (χ4v) is 3.97. The van der Waals surface area contributed by atoms with Gasteiger partial charge in [-0.15, -0.1) is 0 Å². The minimum Gasteiger partial charge on any atom is -0.463 e. The van der Waals surface area contributed by atoms with Crippen molar-refractivity contribution in [2.45, 2.75) is 84.5 Å². The van der Waals surface area contributed by atoms with Crippen LogP contribution in [0.25, 0.3) is 0 Å². The molecule has 0 N–H and O–H groups in total. The van der Waals surface area contributed by atoms with Crippen molar-refractivity contribution in [2.24, 2.45) is 0 Å². The lowest BCUT2D eigenvalue weighted by atomic mass is 10.1. The molecule has 0 aromatic carbocycles. The molecule has 0 rings (SSSR count). The van der Waals surface area contributed by atoms with Crippen LogP contribution in [0.2, 0.25) is 0 Å². The third-order valence-corrected chi connectivity index (χ3v) is 6.40. The fourth-order valence-electron chi connectivity index (χ4n) is 3.97. The van der Waals surface area contributed by atoms with Crippen LogP contribution in [0.1, 0.15) is 84.5 Å². The van der Waals surface area contributed by atoms with Gasteiger partial charge in [0.1, 0.15) is 6.61 Å². The Bertz CT molecular complexity index is 540. The summed E-state index contributed by atoms with van der Waals surface area (Å²) in [5, 5.41) is 0. The molecule has 0 aromatic heterocycles. The fraction of sp³-hybridized carbons (Fsp3) is 0.970. The maximum Gasteiger partial charge on any atom is 0.302 e. The summed E-state index contributed by atoms with van der Waals surface area (Å²) >= 11 is 0. The number of rotatable bonds is 39. The minimum atomic E-state index is -0.306. The third kappa shape index (κ3) is 41.1. The molecule has 264 valence electrons. The Hall–Kier alpha value is -0.890. The molecular weight excluding hydrogens is 572 g/mol. The van der Waals surface area contributed by atoms with Crippen molar-refractivity contribution in [1.82, 2.24) is 0 Å². The van der Waals surface area contributed by atoms with E-state index in [-0.39, 0.29) is 12.6 Å². The van der Waals surface area contributed by atoms with E-state index < -0.39 is 0 Å². The van der Waals surface area contributed by atoms with Gasteiger partial charge in [-0.1, -0.05) is 71.1 Å². The molecule has 0 aliphatic heterocycles. The van der Waals surface area contributed by atoms with Crippen molar-refractivity contribution in [3.8, 4) is 0 Å². The van der Waals surface area contributed by atoms with E-state index in [0.717, 1.165) is 13.0 Å². The molecule has 0 unspecified atom stereocenters. The van der Waals surface area contributed by atoms with Crippen molar-refractivity contribution in [2.75, 3.05) is 126 Å². The van der Waals surface area contributed by atoms with E-state index in [2.05, 4.69) is 6.92 Å². The molecule has 0 aromatic rings. The molecule has 0 atom stereocenters. The van der Waals surface area contributed by atoms with Crippen molar-refractivity contribution < 1.29 is 52.2 Å². The van der Waals surface area contributed by atoms with Gasteiger partial charge in [-0.05, 0) is 6.42 Å². The van der Waals surface area contributed by atoms with Crippen LogP contribution in [0.5, 0.6) is 0 Å². The largest absolute Gasteiger partial charge is 0.463 e. The molecule has 0 bridgehead atoms. The standard InChI is InChI=1S/C33H66O11/c1-3-4-5-6-7-8-9-10-11-12-13-14-35-15-16-36-17-18-37-19-20-38-21-22-39-23-24-40-25-26-41-27-28-42-29-30-43-31-32-44-33(2)34/h3-32H2,1-2H3. The minimum absolute atomic E-state index is 0.264. The van der Waals surface area contributed by atoms with E-state index in [1.165, 1.54) is 71.1 Å². The first kappa shape index (κ1) is 43.1. The molecule has 0 saturated heterocycles. The van der Waals surface area contributed by atoms with Crippen LogP contribution >= 0.6 is 0 Å². The summed E-state index contributed by atoms with van der Waals surface area (Å²) in [4.78, 5) is 10.6. The number of carbonyl (C=O) groups is 1. The van der Waals surface area contributed by atoms with E-state index in [9.17, 15) is 4.79 Å². The molecule has 44 heavy (non-hydrogen) atoms. The Morgan fingerprint density at radius 3 is 0.818 bits per heavy atom. The average Bonchev–Trinajstić information content (AvgIpc) is 3.02. The number of hydrogen-bond acceptors (Lipinski definition) is 11. The molecular formula is C33H66O11. The molecule has 0 aliphatic carbocycles. The Morgan fingerprint density at radius 1 is 0.318 bits per heavy atom. The number of esters is 1. The molecule has 0 amide bonds. The van der Waals surface area contributed by atoms with Crippen LogP contribution in [-0.2, 0) is 52.2 Å². The first-order valence-corrected chi connectivity index (χ1v) is 17.1. The second kappa shape index (κ2) is 40.1. The first-order chi connectivity index (χ1) is 21.8. The number of carbonyl (C=O) groups excluding carboxylic acids is 1. The zero-order valence-electron chi connectivity index (χ0n) is 28.2. The van der Waals surface area contributed by atoms with Crippen LogP contribution in [-0.4, -0.2) is 132 Å². The molecule has 11 nitrogen and oxygen atoms in total. The normalized spacial score (nSPS) is 11.4. The molecule has 0 heterocycles. The molecule has 0 spiro atoms. The zero-order valence-corrected chi connectivity index (χ0v) is 28.2. The third-order valence-electron chi connectivity index (χ3n) is 6.40. The predicted octanol–water partition coefficient (Wildman–Crippen LogP) is 5.01. The maximum atomic E-state index is 10.6. The molecule has 0 saturated carbocycles. The van der Waals surface area contributed by atoms with Gasteiger partial charge in [0.05, 0.1) is 112 Å². The lowest BCUT2D eigenvalue weighted by molar-refractivity contribution is -0.142. The van der Waals surface area contributed by atoms with Gasteiger partial charge in [0, 0.05) is 13.5 Å². The highest BCUT2D eigenvalue weighted by Gasteiger charge is 1.97. The van der Waals surface area contributed by atoms with Gasteiger partial charge in [-0.25, -0.2) is 0 Å². The molecule has 0 aliphatic rings. The smallest absolute Gasteiger partial charge is 0.302 e. The highest BCUT2D eigenvalue weighted by molar-refractivity contribution is 5.65. The van der Waals surface area contributed by atoms with Crippen LogP contribution in [0.4, 0.5) is 0 Å². The van der Waals surface area contributed by atoms with Crippen molar-refractivity contribution in [3.63, 3.8) is 0 Å². The van der Waals surface area contributed by atoms with Gasteiger partial charge >= 0.3 is 5.97 Å². The van der Waals surface area contributed by atoms with Gasteiger partial charge < -0.3 is 47.4 Å². The second-order valence-corrected chi connectivity index (χ2v) is 10.4. The highest BCUT2D eigenvalue weighted by Crippen LogP contribution is 2.11. The summed E-state index contributed by atoms with van der Waals surface area (Å²) in [6.45, 7) is 13.6. The maximum absolute atomic E-state index is 10.6. The lowest BCUT2D eigenvalue weighted by Crippen LogP contribution is -2.15. The van der Waals surface area contributed by atoms with Crippen molar-refractivity contribution >= 4 is 5.97 Å². The summed E-state index contributed by atoms with van der Waals surface area (Å²) in [6.07, 6.45) is 14.9. The van der Waals surface area contributed by atoms with E-state index in [1.54, 1.807) is 0 Å². The second-order valence-electron chi connectivity index (χ2n) is 10.4. The molecule has 11 heteroatoms. The van der Waals surface area contributed by atoms with Crippen LogP contribution < -0.4 is 0 Å². The predicted molar refractivity (Wildman–Crippen MR) is 170 cm³/mol. The Morgan fingerprint density at radius 2 is 0.545 bits per heavy atom.